The lowest BCUT2D eigenvalue weighted by molar-refractivity contribution is 0.295. The van der Waals surface area contributed by atoms with Gasteiger partial charge in [0.15, 0.2) is 5.82 Å². The Bertz CT molecular complexity index is 1320. The van der Waals surface area contributed by atoms with Crippen molar-refractivity contribution >= 4 is 40.5 Å². The highest BCUT2D eigenvalue weighted by Gasteiger charge is 2.11. The van der Waals surface area contributed by atoms with Gasteiger partial charge in [0.2, 0.25) is 0 Å². The van der Waals surface area contributed by atoms with Crippen molar-refractivity contribution in [3.8, 4) is 5.75 Å². The molecule has 0 amide bonds. The lowest BCUT2D eigenvalue weighted by Gasteiger charge is -2.20. The number of halogens is 1. The van der Waals surface area contributed by atoms with Gasteiger partial charge in [-0.15, -0.1) is 0 Å². The smallest absolute Gasteiger partial charge is 0.154 e. The highest BCUT2D eigenvalue weighted by Crippen LogP contribution is 2.25. The number of benzene rings is 3. The molecule has 1 unspecified atom stereocenters. The number of rotatable bonds is 13. The lowest BCUT2D eigenvalue weighted by Crippen LogP contribution is -2.25. The van der Waals surface area contributed by atoms with Gasteiger partial charge in [-0.05, 0) is 86.9 Å². The fourth-order valence-corrected chi connectivity index (χ4v) is 4.52. The number of fused-ring (bicyclic) bond motifs is 1. The Hall–Kier alpha value is -3.41. The molecule has 0 aliphatic heterocycles. The molecule has 0 aliphatic carbocycles. The molecule has 0 aliphatic rings. The molecule has 0 fully saturated rings. The van der Waals surface area contributed by atoms with E-state index in [9.17, 15) is 0 Å². The zero-order valence-corrected chi connectivity index (χ0v) is 23.3. The van der Waals surface area contributed by atoms with Gasteiger partial charge in [-0.25, -0.2) is 9.97 Å². The first kappa shape index (κ1) is 27.6. The van der Waals surface area contributed by atoms with Crippen LogP contribution in [0.2, 0.25) is 5.02 Å². The van der Waals surface area contributed by atoms with Crippen molar-refractivity contribution in [1.82, 2.24) is 14.9 Å². The van der Waals surface area contributed by atoms with Gasteiger partial charge in [-0.1, -0.05) is 74.0 Å². The fourth-order valence-electron chi connectivity index (χ4n) is 4.36. The molecular weight excluding hydrogens is 492 g/mol. The molecule has 1 aromatic heterocycles. The summed E-state index contributed by atoms with van der Waals surface area (Å²) in [7, 11) is 0. The summed E-state index contributed by atoms with van der Waals surface area (Å²) in [4.78, 5) is 12.1. The zero-order chi connectivity index (χ0) is 26.7. The summed E-state index contributed by atoms with van der Waals surface area (Å²) in [6, 6.07) is 24.3. The van der Waals surface area contributed by atoms with E-state index in [4.69, 9.17) is 26.3 Å². The first-order valence-corrected chi connectivity index (χ1v) is 13.8. The third-order valence-electron chi connectivity index (χ3n) is 6.62. The standard InChI is InChI=1S/C32H37ClN4O/c1-4-37(5-2)21-9-10-24(3)34-32-29-19-16-27(33)22-30(29)35-31(36-32)20-15-25-13-17-28(18-14-25)38-23-26-11-7-6-8-12-26/h6-8,11-20,22,24H,4-5,9-10,21,23H2,1-3H3,(H,34,35,36). The van der Waals surface area contributed by atoms with Gasteiger partial charge in [0.25, 0.3) is 0 Å². The topological polar surface area (TPSA) is 50.3 Å². The number of hydrogen-bond donors (Lipinski definition) is 1. The van der Waals surface area contributed by atoms with Crippen molar-refractivity contribution in [2.75, 3.05) is 25.0 Å². The van der Waals surface area contributed by atoms with E-state index in [1.807, 2.05) is 72.8 Å². The quantitative estimate of drug-likeness (QED) is 0.191. The molecule has 0 bridgehead atoms. The number of nitrogens with one attached hydrogen (secondary N) is 1. The Morgan fingerprint density at radius 1 is 0.947 bits per heavy atom. The Kier molecular flexibility index (Phi) is 10.1. The number of aromatic nitrogens is 2. The van der Waals surface area contributed by atoms with Crippen LogP contribution >= 0.6 is 11.6 Å². The van der Waals surface area contributed by atoms with Crippen LogP contribution in [0.4, 0.5) is 5.82 Å². The predicted molar refractivity (Wildman–Crippen MR) is 161 cm³/mol. The minimum absolute atomic E-state index is 0.291. The molecule has 5 nitrogen and oxygen atoms in total. The van der Waals surface area contributed by atoms with Crippen molar-refractivity contribution in [2.45, 2.75) is 46.3 Å². The van der Waals surface area contributed by atoms with E-state index in [0.29, 0.717) is 23.5 Å². The van der Waals surface area contributed by atoms with E-state index in [2.05, 4.69) is 43.1 Å². The first-order chi connectivity index (χ1) is 18.5. The molecule has 1 atom stereocenters. The molecule has 0 saturated carbocycles. The molecule has 1 N–H and O–H groups in total. The van der Waals surface area contributed by atoms with Crippen molar-refractivity contribution < 1.29 is 4.74 Å². The largest absolute Gasteiger partial charge is 0.489 e. The third-order valence-corrected chi connectivity index (χ3v) is 6.85. The van der Waals surface area contributed by atoms with E-state index in [0.717, 1.165) is 66.1 Å². The average molecular weight is 529 g/mol. The lowest BCUT2D eigenvalue weighted by atomic mass is 10.1. The molecule has 38 heavy (non-hydrogen) atoms. The molecule has 3 aromatic carbocycles. The van der Waals surface area contributed by atoms with Gasteiger partial charge in [0, 0.05) is 16.5 Å². The summed E-state index contributed by atoms with van der Waals surface area (Å²) in [5, 5.41) is 5.26. The number of nitrogens with zero attached hydrogens (tertiary/aromatic N) is 3. The maximum absolute atomic E-state index is 6.29. The van der Waals surface area contributed by atoms with Crippen LogP contribution < -0.4 is 10.1 Å². The van der Waals surface area contributed by atoms with Crippen LogP contribution in [-0.2, 0) is 6.61 Å². The van der Waals surface area contributed by atoms with Crippen LogP contribution in [0.1, 0.15) is 50.6 Å². The maximum Gasteiger partial charge on any atom is 0.154 e. The van der Waals surface area contributed by atoms with Crippen LogP contribution in [0.25, 0.3) is 23.1 Å². The maximum atomic E-state index is 6.29. The van der Waals surface area contributed by atoms with E-state index >= 15 is 0 Å². The SMILES string of the molecule is CCN(CC)CCCC(C)Nc1nc(C=Cc2ccc(OCc3ccccc3)cc2)nc2cc(Cl)ccc12. The zero-order valence-electron chi connectivity index (χ0n) is 22.5. The minimum Gasteiger partial charge on any atom is -0.489 e. The van der Waals surface area contributed by atoms with E-state index < -0.39 is 0 Å². The van der Waals surface area contributed by atoms with Crippen molar-refractivity contribution in [1.29, 1.82) is 0 Å². The second-order valence-electron chi connectivity index (χ2n) is 9.48. The van der Waals surface area contributed by atoms with Crippen LogP contribution in [0, 0.1) is 0 Å². The molecule has 1 heterocycles. The molecule has 4 rings (SSSR count). The Morgan fingerprint density at radius 2 is 1.71 bits per heavy atom. The van der Waals surface area contributed by atoms with Crippen molar-refractivity contribution in [3.05, 3.63) is 94.8 Å². The number of ether oxygens (including phenoxy) is 1. The van der Waals surface area contributed by atoms with E-state index in [-0.39, 0.29) is 0 Å². The van der Waals surface area contributed by atoms with Crippen LogP contribution in [0.5, 0.6) is 5.75 Å². The summed E-state index contributed by atoms with van der Waals surface area (Å²) in [6.45, 7) is 10.5. The molecule has 0 radical (unpaired) electrons. The molecule has 6 heteroatoms. The van der Waals surface area contributed by atoms with Gasteiger partial charge < -0.3 is 15.0 Å². The Morgan fingerprint density at radius 3 is 2.45 bits per heavy atom. The predicted octanol–water partition coefficient (Wildman–Crippen LogP) is 7.96. The number of anilines is 1. The van der Waals surface area contributed by atoms with Crippen LogP contribution in [0.15, 0.2) is 72.8 Å². The summed E-state index contributed by atoms with van der Waals surface area (Å²) in [5.41, 5.74) is 3.02. The van der Waals surface area contributed by atoms with Gasteiger partial charge in [-0.2, -0.15) is 0 Å². The Balaban J connectivity index is 1.44. The normalized spacial score (nSPS) is 12.3. The highest BCUT2D eigenvalue weighted by molar-refractivity contribution is 6.31. The second-order valence-corrected chi connectivity index (χ2v) is 9.92. The Labute approximate surface area is 231 Å². The number of hydrogen-bond acceptors (Lipinski definition) is 5. The summed E-state index contributed by atoms with van der Waals surface area (Å²) < 4.78 is 5.90. The van der Waals surface area contributed by atoms with Crippen molar-refractivity contribution in [2.24, 2.45) is 0 Å². The van der Waals surface area contributed by atoms with Gasteiger partial charge >= 0.3 is 0 Å². The van der Waals surface area contributed by atoms with E-state index in [1.165, 1.54) is 0 Å². The van der Waals surface area contributed by atoms with Gasteiger partial charge in [0.1, 0.15) is 18.2 Å². The van der Waals surface area contributed by atoms with Gasteiger partial charge in [-0.3, -0.25) is 0 Å². The van der Waals surface area contributed by atoms with E-state index in [1.54, 1.807) is 0 Å². The minimum atomic E-state index is 0.291. The monoisotopic (exact) mass is 528 g/mol. The van der Waals surface area contributed by atoms with Crippen LogP contribution in [0.3, 0.4) is 0 Å². The fraction of sp³-hybridized carbons (Fsp3) is 0.312. The average Bonchev–Trinajstić information content (AvgIpc) is 2.94. The molecule has 198 valence electrons. The first-order valence-electron chi connectivity index (χ1n) is 13.4. The highest BCUT2D eigenvalue weighted by atomic mass is 35.5. The second kappa shape index (κ2) is 13.9. The van der Waals surface area contributed by atoms with Gasteiger partial charge in [0.05, 0.1) is 5.52 Å². The molecule has 0 saturated heterocycles. The van der Waals surface area contributed by atoms with Crippen LogP contribution in [-0.4, -0.2) is 40.5 Å². The molecule has 0 spiro atoms. The summed E-state index contributed by atoms with van der Waals surface area (Å²) in [5.74, 6) is 2.32. The summed E-state index contributed by atoms with van der Waals surface area (Å²) >= 11 is 6.29. The molecular formula is C32H37ClN4O. The van der Waals surface area contributed by atoms with Crippen molar-refractivity contribution in [3.63, 3.8) is 0 Å². The molecule has 4 aromatic rings. The third kappa shape index (κ3) is 8.04. The summed E-state index contributed by atoms with van der Waals surface area (Å²) in [6.07, 6.45) is 6.17.